The van der Waals surface area contributed by atoms with Gasteiger partial charge in [-0.1, -0.05) is 0 Å². The van der Waals surface area contributed by atoms with Gasteiger partial charge in [0, 0.05) is 54.2 Å². The second-order valence-electron chi connectivity index (χ2n) is 9.17. The first-order valence-electron chi connectivity index (χ1n) is 12.7. The van der Waals surface area contributed by atoms with Gasteiger partial charge in [-0.15, -0.1) is 11.3 Å². The molecule has 4 rings (SSSR count). The fraction of sp³-hybridized carbons (Fsp3) is 0.370. The molecule has 0 unspecified atom stereocenters. The molecule has 0 radical (unpaired) electrons. The number of pyridine rings is 2. The van der Waals surface area contributed by atoms with E-state index < -0.39 is 36.4 Å². The summed E-state index contributed by atoms with van der Waals surface area (Å²) < 4.78 is 101. The number of aliphatic carboxylic acids is 3. The van der Waals surface area contributed by atoms with Gasteiger partial charge in [0.2, 0.25) is 0 Å². The summed E-state index contributed by atoms with van der Waals surface area (Å²) in [5.74, 6) is -8.27. The zero-order valence-corrected chi connectivity index (χ0v) is 24.8. The van der Waals surface area contributed by atoms with Crippen molar-refractivity contribution in [2.75, 3.05) is 6.54 Å². The van der Waals surface area contributed by atoms with Crippen molar-refractivity contribution in [2.24, 2.45) is 0 Å². The highest BCUT2D eigenvalue weighted by Crippen LogP contribution is 2.25. The Morgan fingerprint density at radius 1 is 0.809 bits per heavy atom. The lowest BCUT2D eigenvalue weighted by Gasteiger charge is -2.29. The van der Waals surface area contributed by atoms with Gasteiger partial charge in [0.25, 0.3) is 0 Å². The van der Waals surface area contributed by atoms with Crippen molar-refractivity contribution in [3.63, 3.8) is 0 Å². The molecule has 0 saturated carbocycles. The molecule has 0 aromatic carbocycles. The molecule has 47 heavy (non-hydrogen) atoms. The van der Waals surface area contributed by atoms with Crippen molar-refractivity contribution in [1.82, 2.24) is 14.9 Å². The maximum Gasteiger partial charge on any atom is 0.490 e. The van der Waals surface area contributed by atoms with E-state index in [0.29, 0.717) is 13.2 Å². The Balaban J connectivity index is 0.000000430. The van der Waals surface area contributed by atoms with Gasteiger partial charge < -0.3 is 20.1 Å². The lowest BCUT2D eigenvalue weighted by Crippen LogP contribution is -2.30. The Hall–Kier alpha value is -4.30. The first-order chi connectivity index (χ1) is 21.6. The lowest BCUT2D eigenvalue weighted by atomic mass is 9.97. The fourth-order valence-corrected chi connectivity index (χ4v) is 4.37. The van der Waals surface area contributed by atoms with Crippen molar-refractivity contribution in [3.8, 4) is 0 Å². The monoisotopic (exact) mass is 707 g/mol. The number of nitrogens with zero attached hydrogens (tertiary/aromatic N) is 3. The predicted molar refractivity (Wildman–Crippen MR) is 145 cm³/mol. The maximum absolute atomic E-state index is 10.6. The molecule has 3 aromatic rings. The molecule has 0 saturated heterocycles. The highest BCUT2D eigenvalue weighted by molar-refractivity contribution is 7.11. The van der Waals surface area contributed by atoms with Crippen LogP contribution < -0.4 is 0 Å². The molecule has 10 nitrogen and oxygen atoms in total. The number of aryl methyl sites for hydroxylation is 1. The molecule has 3 N–H and O–H groups in total. The van der Waals surface area contributed by atoms with Crippen LogP contribution in [0.4, 0.5) is 39.5 Å². The van der Waals surface area contributed by atoms with E-state index in [1.165, 1.54) is 26.4 Å². The summed E-state index contributed by atoms with van der Waals surface area (Å²) in [6.07, 6.45) is -6.60. The number of carbonyl (C=O) groups is 3. The summed E-state index contributed by atoms with van der Waals surface area (Å²) in [7, 11) is 0. The first kappa shape index (κ1) is 40.7. The first-order valence-corrected chi connectivity index (χ1v) is 13.5. The third-order valence-electron chi connectivity index (χ3n) is 5.49. The number of alkyl halides is 9. The SMILES string of the molecule is Cc1ccc(CN2CCc3c(COCc4ccncc4)cncc3C2)s1.O=C(O)C(F)(F)F.O=C(O)C(F)(F)F.O=C(O)C(F)(F)F. The minimum Gasteiger partial charge on any atom is -0.475 e. The van der Waals surface area contributed by atoms with E-state index in [4.69, 9.17) is 34.4 Å². The molecular weight excluding hydrogens is 681 g/mol. The summed E-state index contributed by atoms with van der Waals surface area (Å²) in [6.45, 7) is 6.48. The number of hydrogen-bond acceptors (Lipinski definition) is 8. The third-order valence-corrected chi connectivity index (χ3v) is 6.47. The molecule has 20 heteroatoms. The molecular formula is C27H26F9N3O7S. The second kappa shape index (κ2) is 18.1. The molecule has 1 aliphatic heterocycles. The van der Waals surface area contributed by atoms with Crippen LogP contribution in [0.2, 0.25) is 0 Å². The summed E-state index contributed by atoms with van der Waals surface area (Å²) in [4.78, 5) is 40.5. The largest absolute Gasteiger partial charge is 0.490 e. The van der Waals surface area contributed by atoms with Crippen LogP contribution in [-0.2, 0) is 51.8 Å². The van der Waals surface area contributed by atoms with Crippen LogP contribution in [0.5, 0.6) is 0 Å². The third kappa shape index (κ3) is 16.2. The van der Waals surface area contributed by atoms with Gasteiger partial charge in [0.1, 0.15) is 0 Å². The maximum atomic E-state index is 10.6. The molecule has 260 valence electrons. The molecule has 0 aliphatic carbocycles. The molecule has 1 aliphatic rings. The van der Waals surface area contributed by atoms with E-state index in [-0.39, 0.29) is 0 Å². The van der Waals surface area contributed by atoms with Crippen molar-refractivity contribution in [1.29, 1.82) is 0 Å². The Labute approximate surface area is 264 Å². The van der Waals surface area contributed by atoms with Crippen molar-refractivity contribution >= 4 is 29.2 Å². The molecule has 0 fully saturated rings. The van der Waals surface area contributed by atoms with Crippen LogP contribution in [0.1, 0.15) is 32.0 Å². The Bertz CT molecular complexity index is 1390. The van der Waals surface area contributed by atoms with Gasteiger partial charge in [-0.3, -0.25) is 14.9 Å². The number of fused-ring (bicyclic) bond motifs is 1. The average Bonchev–Trinajstić information content (AvgIpc) is 3.37. The van der Waals surface area contributed by atoms with Crippen LogP contribution >= 0.6 is 11.3 Å². The number of carboxylic acids is 3. The van der Waals surface area contributed by atoms with E-state index in [0.717, 1.165) is 31.6 Å². The number of halogens is 9. The Morgan fingerprint density at radius 2 is 1.32 bits per heavy atom. The van der Waals surface area contributed by atoms with Gasteiger partial charge in [-0.25, -0.2) is 14.4 Å². The predicted octanol–water partition coefficient (Wildman–Crippen LogP) is 6.02. The fourth-order valence-electron chi connectivity index (χ4n) is 3.43. The van der Waals surface area contributed by atoms with E-state index >= 15 is 0 Å². The van der Waals surface area contributed by atoms with Crippen LogP contribution in [0.15, 0.2) is 49.1 Å². The van der Waals surface area contributed by atoms with Crippen molar-refractivity contribution in [3.05, 3.63) is 81.1 Å². The Morgan fingerprint density at radius 3 is 1.77 bits per heavy atom. The number of carboxylic acid groups (broad SMARTS) is 3. The van der Waals surface area contributed by atoms with E-state index in [9.17, 15) is 39.5 Å². The summed E-state index contributed by atoms with van der Waals surface area (Å²) >= 11 is 1.89. The summed E-state index contributed by atoms with van der Waals surface area (Å²) in [5, 5.41) is 21.4. The number of rotatable bonds is 6. The zero-order valence-electron chi connectivity index (χ0n) is 24.0. The van der Waals surface area contributed by atoms with Crippen LogP contribution in [0.25, 0.3) is 0 Å². The number of aromatic nitrogens is 2. The Kier molecular flexibility index (Phi) is 15.7. The van der Waals surface area contributed by atoms with Gasteiger partial charge in [-0.2, -0.15) is 39.5 Å². The molecule has 0 atom stereocenters. The standard InChI is InChI=1S/C21H23N3OS.3C2HF3O2/c1-16-2-3-20(26-16)13-24-9-6-21-18(12-24)10-23-11-19(21)15-25-14-17-4-7-22-8-5-17;3*3-2(4,5)1(6)7/h2-5,7-8,10-11H,6,9,12-15H2,1H3;3*(H,6,7). The van der Waals surface area contributed by atoms with Gasteiger partial charge in [-0.05, 0) is 59.9 Å². The van der Waals surface area contributed by atoms with E-state index in [1.807, 2.05) is 35.9 Å². The van der Waals surface area contributed by atoms with Gasteiger partial charge in [0.15, 0.2) is 0 Å². The van der Waals surface area contributed by atoms with Crippen LogP contribution in [0, 0.1) is 6.92 Å². The van der Waals surface area contributed by atoms with Crippen LogP contribution in [-0.4, -0.2) is 73.2 Å². The van der Waals surface area contributed by atoms with Gasteiger partial charge in [0.05, 0.1) is 13.2 Å². The quantitative estimate of drug-likeness (QED) is 0.260. The minimum atomic E-state index is -5.08. The number of thiophene rings is 1. The van der Waals surface area contributed by atoms with Crippen molar-refractivity contribution in [2.45, 2.75) is 58.2 Å². The summed E-state index contributed by atoms with van der Waals surface area (Å²) in [6, 6.07) is 8.43. The minimum absolute atomic E-state index is 0.607. The zero-order chi connectivity index (χ0) is 36.0. The topological polar surface area (TPSA) is 150 Å². The van der Waals surface area contributed by atoms with E-state index in [2.05, 4.69) is 33.9 Å². The normalized spacial score (nSPS) is 13.0. The van der Waals surface area contributed by atoms with E-state index in [1.54, 1.807) is 12.4 Å². The molecule has 0 bridgehead atoms. The number of ether oxygens (including phenoxy) is 1. The summed E-state index contributed by atoms with van der Waals surface area (Å²) in [5.41, 5.74) is 5.14. The molecule has 0 amide bonds. The molecule has 0 spiro atoms. The molecule has 3 aromatic heterocycles. The highest BCUT2D eigenvalue weighted by atomic mass is 32.1. The van der Waals surface area contributed by atoms with Gasteiger partial charge >= 0.3 is 36.4 Å². The average molecular weight is 708 g/mol. The second-order valence-corrected chi connectivity index (χ2v) is 10.5. The smallest absolute Gasteiger partial charge is 0.475 e. The van der Waals surface area contributed by atoms with Crippen LogP contribution in [0.3, 0.4) is 0 Å². The number of hydrogen-bond donors (Lipinski definition) is 3. The van der Waals surface area contributed by atoms with Crippen molar-refractivity contribution < 1.29 is 74.0 Å². The lowest BCUT2D eigenvalue weighted by molar-refractivity contribution is -0.193. The highest BCUT2D eigenvalue weighted by Gasteiger charge is 2.39. The molecule has 4 heterocycles.